The molecule has 0 aliphatic carbocycles. The molecule has 0 radical (unpaired) electrons. The summed E-state index contributed by atoms with van der Waals surface area (Å²) in [5.41, 5.74) is 13.6. The van der Waals surface area contributed by atoms with Crippen LogP contribution in [0.15, 0.2) is 79.1 Å². The van der Waals surface area contributed by atoms with Gasteiger partial charge in [0.2, 0.25) is 6.35 Å². The normalized spacial score (nSPS) is 15.2. The largest absolute Gasteiger partial charge is 0.356 e. The van der Waals surface area contributed by atoms with E-state index in [0.717, 1.165) is 61.1 Å². The van der Waals surface area contributed by atoms with Crippen molar-refractivity contribution in [1.82, 2.24) is 9.97 Å². The van der Waals surface area contributed by atoms with Crippen LogP contribution in [0.3, 0.4) is 0 Å². The van der Waals surface area contributed by atoms with Gasteiger partial charge in [0.1, 0.15) is 0 Å². The number of aromatic nitrogens is 2. The van der Waals surface area contributed by atoms with E-state index in [-0.39, 0.29) is 0 Å². The molecule has 3 heterocycles. The van der Waals surface area contributed by atoms with Crippen molar-refractivity contribution in [3.05, 3.63) is 90.3 Å². The van der Waals surface area contributed by atoms with E-state index in [4.69, 9.17) is 5.73 Å². The highest BCUT2D eigenvalue weighted by Gasteiger charge is 2.35. The van der Waals surface area contributed by atoms with Crippen LogP contribution in [0.1, 0.15) is 25.0 Å². The number of aliphatic hydroxyl groups is 1. The Kier molecular flexibility index (Phi) is 5.53. The maximum absolute atomic E-state index is 11.3. The van der Waals surface area contributed by atoms with E-state index in [2.05, 4.69) is 40.3 Å². The molecule has 38 heavy (non-hydrogen) atoms. The zero-order valence-electron chi connectivity index (χ0n) is 21.6. The highest BCUT2D eigenvalue weighted by atomic mass is 16.3. The lowest BCUT2D eigenvalue weighted by atomic mass is 9.86. The van der Waals surface area contributed by atoms with Gasteiger partial charge in [-0.2, -0.15) is 5.26 Å². The number of fused-ring (bicyclic) bond motifs is 4. The van der Waals surface area contributed by atoms with Gasteiger partial charge >= 0.3 is 0 Å². The highest BCUT2D eigenvalue weighted by molar-refractivity contribution is 6.04. The van der Waals surface area contributed by atoms with Crippen molar-refractivity contribution in [3.8, 4) is 17.2 Å². The average molecular weight is 501 g/mol. The molecular weight excluding hydrogens is 472 g/mol. The SMILES string of the molecule is CN1c2cnc3ccc(-c4cnc5ccc(CN)cc5c4)cc3c2N(c2ccc(C(C)(C)C#N)cc2)C1O. The standard InChI is InChI=1S/C31H28N6O/c1-31(2,18-33)23-6-8-24(9-7-23)37-29-25-14-20(5-11-27(25)35-17-28(29)36(3)30(37)38)22-13-21-12-19(15-32)4-10-26(21)34-16-22/h4-14,16-17,30,38H,15,32H2,1-3H3. The first-order chi connectivity index (χ1) is 18.3. The van der Waals surface area contributed by atoms with Gasteiger partial charge in [-0.3, -0.25) is 14.9 Å². The summed E-state index contributed by atoms with van der Waals surface area (Å²) in [5, 5.41) is 22.8. The van der Waals surface area contributed by atoms with Crippen LogP contribution < -0.4 is 15.5 Å². The first kappa shape index (κ1) is 23.9. The van der Waals surface area contributed by atoms with E-state index < -0.39 is 11.8 Å². The summed E-state index contributed by atoms with van der Waals surface area (Å²) in [7, 11) is 1.86. The Morgan fingerprint density at radius 1 is 0.947 bits per heavy atom. The smallest absolute Gasteiger partial charge is 0.212 e. The Morgan fingerprint density at radius 3 is 2.42 bits per heavy atom. The molecule has 0 spiro atoms. The third-order valence-electron chi connectivity index (χ3n) is 7.48. The molecule has 3 N–H and O–H groups in total. The quantitative estimate of drug-likeness (QED) is 0.332. The van der Waals surface area contributed by atoms with Gasteiger partial charge in [0.05, 0.1) is 40.1 Å². The number of nitrogens with two attached hydrogens (primary N) is 1. The summed E-state index contributed by atoms with van der Waals surface area (Å²) in [5.74, 6) is 0. The lowest BCUT2D eigenvalue weighted by Crippen LogP contribution is -2.38. The molecule has 3 aromatic carbocycles. The van der Waals surface area contributed by atoms with Crippen LogP contribution in [0.2, 0.25) is 0 Å². The Balaban J connectivity index is 1.49. The van der Waals surface area contributed by atoms with Gasteiger partial charge in [-0.1, -0.05) is 24.3 Å². The van der Waals surface area contributed by atoms with Crippen molar-refractivity contribution in [3.63, 3.8) is 0 Å². The third-order valence-corrected chi connectivity index (χ3v) is 7.48. The molecule has 1 aliphatic heterocycles. The summed E-state index contributed by atoms with van der Waals surface area (Å²) in [6, 6.07) is 24.6. The molecule has 1 unspecified atom stereocenters. The van der Waals surface area contributed by atoms with Crippen LogP contribution in [-0.2, 0) is 12.0 Å². The lowest BCUT2D eigenvalue weighted by molar-refractivity contribution is 0.189. The first-order valence-corrected chi connectivity index (χ1v) is 12.5. The van der Waals surface area contributed by atoms with Gasteiger partial charge in [-0.05, 0) is 73.0 Å². The maximum atomic E-state index is 11.3. The number of benzene rings is 3. The molecule has 188 valence electrons. The van der Waals surface area contributed by atoms with Crippen molar-refractivity contribution in [2.24, 2.45) is 5.73 Å². The fourth-order valence-electron chi connectivity index (χ4n) is 5.10. The second-order valence-corrected chi connectivity index (χ2v) is 10.3. The van der Waals surface area contributed by atoms with E-state index in [1.165, 1.54) is 0 Å². The van der Waals surface area contributed by atoms with Crippen LogP contribution in [0.5, 0.6) is 0 Å². The van der Waals surface area contributed by atoms with Crippen molar-refractivity contribution < 1.29 is 5.11 Å². The minimum absolute atomic E-state index is 0.481. The number of rotatable bonds is 4. The predicted molar refractivity (Wildman–Crippen MR) is 152 cm³/mol. The predicted octanol–water partition coefficient (Wildman–Crippen LogP) is 5.57. The second kappa shape index (κ2) is 8.80. The fourth-order valence-corrected chi connectivity index (χ4v) is 5.10. The van der Waals surface area contributed by atoms with Crippen molar-refractivity contribution in [2.75, 3.05) is 16.8 Å². The monoisotopic (exact) mass is 500 g/mol. The molecular formula is C31H28N6O. The van der Waals surface area contributed by atoms with Crippen LogP contribution in [0, 0.1) is 11.3 Å². The Labute approximate surface area is 221 Å². The number of nitrogens with zero attached hydrogens (tertiary/aromatic N) is 5. The molecule has 0 saturated heterocycles. The zero-order valence-corrected chi connectivity index (χ0v) is 21.6. The summed E-state index contributed by atoms with van der Waals surface area (Å²) < 4.78 is 0. The van der Waals surface area contributed by atoms with Gasteiger partial charge in [0.25, 0.3) is 0 Å². The maximum Gasteiger partial charge on any atom is 0.212 e. The number of pyridine rings is 2. The first-order valence-electron chi connectivity index (χ1n) is 12.5. The molecule has 7 nitrogen and oxygen atoms in total. The van der Waals surface area contributed by atoms with Gasteiger partial charge in [-0.15, -0.1) is 0 Å². The van der Waals surface area contributed by atoms with Crippen molar-refractivity contribution in [2.45, 2.75) is 32.2 Å². The number of nitriles is 1. The van der Waals surface area contributed by atoms with E-state index in [1.807, 2.05) is 79.4 Å². The van der Waals surface area contributed by atoms with Gasteiger partial charge in [-0.25, -0.2) is 0 Å². The second-order valence-electron chi connectivity index (χ2n) is 10.3. The third kappa shape index (κ3) is 3.74. The number of hydrogen-bond acceptors (Lipinski definition) is 7. The lowest BCUT2D eigenvalue weighted by Gasteiger charge is -2.27. The number of aliphatic hydroxyl groups excluding tert-OH is 1. The summed E-state index contributed by atoms with van der Waals surface area (Å²) in [6.07, 6.45) is 2.80. The molecule has 5 aromatic rings. The Morgan fingerprint density at radius 2 is 1.68 bits per heavy atom. The van der Waals surface area contributed by atoms with Gasteiger partial charge in [0.15, 0.2) is 0 Å². The van der Waals surface area contributed by atoms with E-state index in [9.17, 15) is 10.4 Å². The molecule has 1 atom stereocenters. The van der Waals surface area contributed by atoms with Crippen molar-refractivity contribution in [1.29, 1.82) is 5.26 Å². The van der Waals surface area contributed by atoms with Crippen LogP contribution in [-0.4, -0.2) is 28.5 Å². The van der Waals surface area contributed by atoms with Crippen molar-refractivity contribution >= 4 is 38.9 Å². The molecule has 7 heteroatoms. The van der Waals surface area contributed by atoms with E-state index >= 15 is 0 Å². The Hall–Kier alpha value is -4.51. The van der Waals surface area contributed by atoms with Gasteiger partial charge < -0.3 is 15.7 Å². The van der Waals surface area contributed by atoms with E-state index in [1.54, 1.807) is 6.20 Å². The summed E-state index contributed by atoms with van der Waals surface area (Å²) in [6.45, 7) is 4.28. The molecule has 0 bridgehead atoms. The minimum atomic E-state index is -0.895. The van der Waals surface area contributed by atoms with E-state index in [0.29, 0.717) is 6.54 Å². The molecule has 6 rings (SSSR count). The molecule has 2 aromatic heterocycles. The number of anilines is 3. The van der Waals surface area contributed by atoms with Crippen LogP contribution >= 0.6 is 0 Å². The summed E-state index contributed by atoms with van der Waals surface area (Å²) in [4.78, 5) is 13.1. The molecule has 0 saturated carbocycles. The fraction of sp³-hybridized carbons (Fsp3) is 0.194. The number of hydrogen-bond donors (Lipinski definition) is 2. The molecule has 0 amide bonds. The van der Waals surface area contributed by atoms with Crippen LogP contribution in [0.25, 0.3) is 32.9 Å². The molecule has 1 aliphatic rings. The minimum Gasteiger partial charge on any atom is -0.356 e. The van der Waals surface area contributed by atoms with Gasteiger partial charge in [0, 0.05) is 41.8 Å². The highest BCUT2D eigenvalue weighted by Crippen LogP contribution is 2.47. The summed E-state index contributed by atoms with van der Waals surface area (Å²) >= 11 is 0. The Bertz CT molecular complexity index is 1740. The topological polar surface area (TPSA) is 102 Å². The average Bonchev–Trinajstić information content (AvgIpc) is 3.22. The molecule has 0 fully saturated rings. The van der Waals surface area contributed by atoms with Crippen LogP contribution in [0.4, 0.5) is 17.1 Å². The zero-order chi connectivity index (χ0) is 26.6.